The molecule has 0 unspecified atom stereocenters. The van der Waals surface area contributed by atoms with Crippen LogP contribution in [0.5, 0.6) is 5.75 Å². The molecule has 4 nitrogen and oxygen atoms in total. The molecule has 0 saturated carbocycles. The molecule has 0 radical (unpaired) electrons. The number of rotatable bonds is 3. The lowest BCUT2D eigenvalue weighted by atomic mass is 10.3. The Labute approximate surface area is 111 Å². The highest BCUT2D eigenvalue weighted by Gasteiger charge is 2.12. The van der Waals surface area contributed by atoms with Crippen LogP contribution in [0, 0.1) is 0 Å². The van der Waals surface area contributed by atoms with Crippen molar-refractivity contribution in [2.75, 3.05) is 0 Å². The Morgan fingerprint density at radius 1 is 1.28 bits per heavy atom. The second-order valence-electron chi connectivity index (χ2n) is 4.08. The van der Waals surface area contributed by atoms with Crippen LogP contribution in [0.4, 0.5) is 0 Å². The summed E-state index contributed by atoms with van der Waals surface area (Å²) < 4.78 is 6.79. The van der Waals surface area contributed by atoms with Crippen molar-refractivity contribution in [2.24, 2.45) is 0 Å². The van der Waals surface area contributed by atoms with Gasteiger partial charge in [0.25, 0.3) is 0 Å². The van der Waals surface area contributed by atoms with Crippen LogP contribution in [-0.4, -0.2) is 15.9 Å². The molecule has 0 amide bonds. The van der Waals surface area contributed by atoms with Crippen molar-refractivity contribution in [1.82, 2.24) is 9.78 Å². The predicted molar refractivity (Wildman–Crippen MR) is 72.9 cm³/mol. The minimum atomic E-state index is -0.303. The monoisotopic (exact) mass is 262 g/mol. The first-order chi connectivity index (χ1) is 8.59. The van der Waals surface area contributed by atoms with E-state index in [0.29, 0.717) is 10.6 Å². The van der Waals surface area contributed by atoms with E-state index in [-0.39, 0.29) is 17.4 Å². The van der Waals surface area contributed by atoms with Gasteiger partial charge in [0, 0.05) is 0 Å². The molecule has 2 rings (SSSR count). The van der Waals surface area contributed by atoms with E-state index in [1.165, 1.54) is 10.9 Å². The van der Waals surface area contributed by atoms with E-state index in [9.17, 15) is 4.79 Å². The molecule has 5 heteroatoms. The zero-order valence-electron chi connectivity index (χ0n) is 10.2. The lowest BCUT2D eigenvalue weighted by Gasteiger charge is -2.12. The summed E-state index contributed by atoms with van der Waals surface area (Å²) in [5, 5.41) is 4.06. The summed E-state index contributed by atoms with van der Waals surface area (Å²) >= 11 is 4.20. The van der Waals surface area contributed by atoms with Crippen molar-refractivity contribution >= 4 is 12.6 Å². The van der Waals surface area contributed by atoms with Crippen LogP contribution in [0.2, 0.25) is 0 Å². The summed E-state index contributed by atoms with van der Waals surface area (Å²) in [4.78, 5) is 12.7. The molecule has 0 bridgehead atoms. The largest absolute Gasteiger partial charge is 0.484 e. The first kappa shape index (κ1) is 12.7. The van der Waals surface area contributed by atoms with Gasteiger partial charge in [0.15, 0.2) is 0 Å². The molecule has 0 N–H and O–H groups in total. The number of nitrogens with zero attached hydrogens (tertiary/aromatic N) is 2. The van der Waals surface area contributed by atoms with Crippen LogP contribution < -0.4 is 10.3 Å². The number of aromatic nitrogens is 2. The molecule has 18 heavy (non-hydrogen) atoms. The van der Waals surface area contributed by atoms with Gasteiger partial charge in [-0.25, -0.2) is 0 Å². The third-order valence-electron chi connectivity index (χ3n) is 2.27. The molecular weight excluding hydrogens is 248 g/mol. The number of ether oxygens (including phenoxy) is 1. The predicted octanol–water partition coefficient (Wildman–Crippen LogP) is 2.31. The Hall–Kier alpha value is -1.75. The van der Waals surface area contributed by atoms with Gasteiger partial charge in [-0.3, -0.25) is 4.79 Å². The van der Waals surface area contributed by atoms with Crippen molar-refractivity contribution in [1.29, 1.82) is 0 Å². The second-order valence-corrected chi connectivity index (χ2v) is 4.56. The average Bonchev–Trinajstić information content (AvgIpc) is 2.35. The molecule has 94 valence electrons. The highest BCUT2D eigenvalue weighted by molar-refractivity contribution is 7.80. The van der Waals surface area contributed by atoms with Crippen LogP contribution in [0.3, 0.4) is 0 Å². The third kappa shape index (κ3) is 2.56. The number of benzene rings is 1. The summed E-state index contributed by atoms with van der Waals surface area (Å²) in [7, 11) is 0. The molecule has 1 heterocycles. The molecule has 0 aliphatic carbocycles. The summed E-state index contributed by atoms with van der Waals surface area (Å²) in [6.07, 6.45) is 1.42. The van der Waals surface area contributed by atoms with Gasteiger partial charge in [0.05, 0.1) is 22.9 Å². The maximum Gasteiger partial charge on any atom is 0.314 e. The number of para-hydroxylation sites is 1. The molecule has 0 spiro atoms. The minimum Gasteiger partial charge on any atom is -0.484 e. The molecule has 1 aromatic carbocycles. The van der Waals surface area contributed by atoms with E-state index in [4.69, 9.17) is 4.74 Å². The fourth-order valence-corrected chi connectivity index (χ4v) is 1.73. The standard InChI is InChI=1S/C13H14N2O2S/c1-9(2)17-12-11(18)8-14-15(13(12)16)10-6-4-3-5-7-10/h3-9,18H,1-2H3. The lowest BCUT2D eigenvalue weighted by Crippen LogP contribution is -2.25. The van der Waals surface area contributed by atoms with Crippen molar-refractivity contribution in [3.8, 4) is 11.4 Å². The van der Waals surface area contributed by atoms with Crippen LogP contribution in [0.15, 0.2) is 46.2 Å². The Morgan fingerprint density at radius 2 is 1.94 bits per heavy atom. The minimum absolute atomic E-state index is 0.0878. The fourth-order valence-electron chi connectivity index (χ4n) is 1.53. The quantitative estimate of drug-likeness (QED) is 0.863. The zero-order chi connectivity index (χ0) is 13.1. The van der Waals surface area contributed by atoms with Crippen molar-refractivity contribution in [3.05, 3.63) is 46.9 Å². The maximum atomic E-state index is 12.3. The van der Waals surface area contributed by atoms with E-state index in [0.717, 1.165) is 0 Å². The third-order valence-corrected chi connectivity index (χ3v) is 2.59. The van der Waals surface area contributed by atoms with Gasteiger partial charge in [-0.15, -0.1) is 12.6 Å². The maximum absolute atomic E-state index is 12.3. The smallest absolute Gasteiger partial charge is 0.314 e. The molecule has 0 aliphatic rings. The normalized spacial score (nSPS) is 10.7. The van der Waals surface area contributed by atoms with E-state index < -0.39 is 0 Å². The molecule has 2 aromatic rings. The van der Waals surface area contributed by atoms with Crippen molar-refractivity contribution in [2.45, 2.75) is 24.8 Å². The Bertz CT molecular complexity index is 594. The molecule has 0 saturated heterocycles. The number of hydrogen-bond acceptors (Lipinski definition) is 4. The van der Waals surface area contributed by atoms with Crippen LogP contribution >= 0.6 is 12.6 Å². The van der Waals surface area contributed by atoms with E-state index in [1.807, 2.05) is 44.2 Å². The van der Waals surface area contributed by atoms with Gasteiger partial charge in [0.1, 0.15) is 0 Å². The summed E-state index contributed by atoms with van der Waals surface area (Å²) in [5.74, 6) is 0.229. The van der Waals surface area contributed by atoms with Gasteiger partial charge in [-0.2, -0.15) is 9.78 Å². The first-order valence-electron chi connectivity index (χ1n) is 5.63. The van der Waals surface area contributed by atoms with Gasteiger partial charge in [-0.05, 0) is 26.0 Å². The highest BCUT2D eigenvalue weighted by Crippen LogP contribution is 2.18. The number of thiol groups is 1. The van der Waals surface area contributed by atoms with Crippen LogP contribution in [-0.2, 0) is 0 Å². The Morgan fingerprint density at radius 3 is 2.56 bits per heavy atom. The van der Waals surface area contributed by atoms with Gasteiger partial charge in [-0.1, -0.05) is 18.2 Å². The SMILES string of the molecule is CC(C)Oc1c(S)cnn(-c2ccccc2)c1=O. The van der Waals surface area contributed by atoms with Gasteiger partial charge < -0.3 is 4.74 Å². The van der Waals surface area contributed by atoms with Crippen LogP contribution in [0.25, 0.3) is 5.69 Å². The molecule has 0 aliphatic heterocycles. The molecule has 0 atom stereocenters. The van der Waals surface area contributed by atoms with E-state index in [1.54, 1.807) is 0 Å². The van der Waals surface area contributed by atoms with Crippen molar-refractivity contribution < 1.29 is 4.74 Å². The fraction of sp³-hybridized carbons (Fsp3) is 0.231. The Kier molecular flexibility index (Phi) is 3.72. The van der Waals surface area contributed by atoms with Gasteiger partial charge in [0.2, 0.25) is 5.75 Å². The molecule has 0 fully saturated rings. The topological polar surface area (TPSA) is 44.1 Å². The highest BCUT2D eigenvalue weighted by atomic mass is 32.1. The average molecular weight is 262 g/mol. The second kappa shape index (κ2) is 5.27. The molecule has 1 aromatic heterocycles. The Balaban J connectivity index is 2.55. The van der Waals surface area contributed by atoms with Crippen molar-refractivity contribution in [3.63, 3.8) is 0 Å². The van der Waals surface area contributed by atoms with E-state index in [2.05, 4.69) is 17.7 Å². The summed E-state index contributed by atoms with van der Waals surface area (Å²) in [5.41, 5.74) is 0.395. The zero-order valence-corrected chi connectivity index (χ0v) is 11.1. The lowest BCUT2D eigenvalue weighted by molar-refractivity contribution is 0.231. The van der Waals surface area contributed by atoms with E-state index >= 15 is 0 Å². The first-order valence-corrected chi connectivity index (χ1v) is 6.07. The molecular formula is C13H14N2O2S. The summed E-state index contributed by atoms with van der Waals surface area (Å²) in [6, 6.07) is 9.20. The van der Waals surface area contributed by atoms with Gasteiger partial charge >= 0.3 is 5.56 Å². The summed E-state index contributed by atoms with van der Waals surface area (Å²) in [6.45, 7) is 3.72. The number of hydrogen-bond donors (Lipinski definition) is 1. The van der Waals surface area contributed by atoms with Crippen LogP contribution in [0.1, 0.15) is 13.8 Å².